The molecular weight excluding hydrogens is 348 g/mol. The summed E-state index contributed by atoms with van der Waals surface area (Å²) in [6.07, 6.45) is 0. The molecule has 0 aliphatic rings. The third-order valence-electron chi connectivity index (χ3n) is 4.46. The highest BCUT2D eigenvalue weighted by atomic mass is 16.5. The van der Waals surface area contributed by atoms with Crippen molar-refractivity contribution in [2.45, 2.75) is 0 Å². The summed E-state index contributed by atoms with van der Waals surface area (Å²) in [5, 5.41) is 2.04. The molecule has 0 aliphatic carbocycles. The van der Waals surface area contributed by atoms with E-state index in [2.05, 4.69) is 6.07 Å². The Morgan fingerprint density at radius 1 is 0.429 bits per heavy atom. The largest absolute Gasteiger partial charge is 0.457 e. The molecule has 3 heteroatoms. The van der Waals surface area contributed by atoms with E-state index in [1.165, 1.54) is 0 Å². The van der Waals surface area contributed by atoms with Gasteiger partial charge in [0.25, 0.3) is 0 Å². The van der Waals surface area contributed by atoms with Crippen LogP contribution in [0.4, 0.5) is 0 Å². The molecule has 0 saturated carbocycles. The molecule has 134 valence electrons. The SMILES string of the molecule is c1ccc(Oc2ccc3cc4ccc(Oc5ccccc5)cc4[o+]c3c2)cc1. The number of fused-ring (bicyclic) bond motifs is 2. The standard InChI is InChI=1S/C25H17O3/c1-3-7-20(8-4-1)26-22-13-11-18-15-19-12-14-23(17-25(19)28-24(18)16-22)27-21-9-5-2-6-10-21/h1-17H/q+1. The molecule has 0 amide bonds. The van der Waals surface area contributed by atoms with Crippen LogP contribution < -0.4 is 9.47 Å². The summed E-state index contributed by atoms with van der Waals surface area (Å²) >= 11 is 0. The summed E-state index contributed by atoms with van der Waals surface area (Å²) in [4.78, 5) is 0. The van der Waals surface area contributed by atoms with E-state index < -0.39 is 0 Å². The average Bonchev–Trinajstić information content (AvgIpc) is 2.74. The lowest BCUT2D eigenvalue weighted by Crippen LogP contribution is -1.86. The van der Waals surface area contributed by atoms with E-state index in [9.17, 15) is 0 Å². The van der Waals surface area contributed by atoms with Crippen LogP contribution in [0.25, 0.3) is 21.9 Å². The van der Waals surface area contributed by atoms with Gasteiger partial charge in [0.2, 0.25) is 0 Å². The minimum atomic E-state index is 0.735. The lowest BCUT2D eigenvalue weighted by Gasteiger charge is -2.05. The van der Waals surface area contributed by atoms with Crippen molar-refractivity contribution in [3.63, 3.8) is 0 Å². The van der Waals surface area contributed by atoms with Gasteiger partial charge in [-0.1, -0.05) is 36.4 Å². The molecule has 0 unspecified atom stereocenters. The number of para-hydroxylation sites is 2. The molecule has 1 heterocycles. The summed E-state index contributed by atoms with van der Waals surface area (Å²) in [5.74, 6) is 3.05. The molecule has 0 spiro atoms. The van der Waals surface area contributed by atoms with Gasteiger partial charge in [0.15, 0.2) is 0 Å². The van der Waals surface area contributed by atoms with Gasteiger partial charge in [-0.2, -0.15) is 0 Å². The lowest BCUT2D eigenvalue weighted by atomic mass is 10.1. The molecule has 5 rings (SSSR count). The summed E-state index contributed by atoms with van der Waals surface area (Å²) in [7, 11) is 0. The molecule has 0 atom stereocenters. The second-order valence-corrected chi connectivity index (χ2v) is 6.48. The molecule has 28 heavy (non-hydrogen) atoms. The molecule has 0 bridgehead atoms. The Morgan fingerprint density at radius 2 is 0.893 bits per heavy atom. The molecule has 4 aromatic carbocycles. The highest BCUT2D eigenvalue weighted by molar-refractivity contribution is 5.91. The monoisotopic (exact) mass is 365 g/mol. The van der Waals surface area contributed by atoms with Crippen molar-refractivity contribution in [1.29, 1.82) is 0 Å². The van der Waals surface area contributed by atoms with E-state index in [-0.39, 0.29) is 0 Å². The molecule has 5 aromatic rings. The van der Waals surface area contributed by atoms with Gasteiger partial charge in [0.1, 0.15) is 23.0 Å². The molecule has 0 fully saturated rings. The summed E-state index contributed by atoms with van der Waals surface area (Å²) in [6, 6.07) is 33.2. The molecular formula is C25H17O3+. The van der Waals surface area contributed by atoms with Crippen LogP contribution in [0.15, 0.2) is 108 Å². The van der Waals surface area contributed by atoms with Gasteiger partial charge in [0, 0.05) is 0 Å². The number of benzene rings is 4. The zero-order chi connectivity index (χ0) is 18.8. The first kappa shape index (κ1) is 16.3. The van der Waals surface area contributed by atoms with Crippen molar-refractivity contribution in [3.05, 3.63) is 103 Å². The Hall–Kier alpha value is -3.85. The van der Waals surface area contributed by atoms with Crippen LogP contribution in [0, 0.1) is 0 Å². The lowest BCUT2D eigenvalue weighted by molar-refractivity contribution is 0.481. The maximum Gasteiger partial charge on any atom is 0.364 e. The van der Waals surface area contributed by atoms with Gasteiger partial charge < -0.3 is 9.47 Å². The first-order valence-electron chi connectivity index (χ1n) is 9.10. The summed E-state index contributed by atoms with van der Waals surface area (Å²) in [5.41, 5.74) is 1.52. The third-order valence-corrected chi connectivity index (χ3v) is 4.46. The molecule has 1 aromatic heterocycles. The van der Waals surface area contributed by atoms with Crippen molar-refractivity contribution < 1.29 is 13.9 Å². The third kappa shape index (κ3) is 3.38. The van der Waals surface area contributed by atoms with Crippen molar-refractivity contribution in [3.8, 4) is 23.0 Å². The minimum Gasteiger partial charge on any atom is -0.457 e. The maximum absolute atomic E-state index is 6.14. The fourth-order valence-electron chi connectivity index (χ4n) is 3.11. The van der Waals surface area contributed by atoms with Crippen LogP contribution in [-0.4, -0.2) is 0 Å². The Morgan fingerprint density at radius 3 is 1.36 bits per heavy atom. The van der Waals surface area contributed by atoms with Crippen molar-refractivity contribution >= 4 is 21.9 Å². The normalized spacial score (nSPS) is 10.9. The van der Waals surface area contributed by atoms with Crippen LogP contribution >= 0.6 is 0 Å². The Labute approximate surface area is 162 Å². The zero-order valence-electron chi connectivity index (χ0n) is 15.0. The maximum atomic E-state index is 6.14. The Bertz CT molecular complexity index is 1150. The van der Waals surface area contributed by atoms with E-state index in [1.54, 1.807) is 0 Å². The number of ether oxygens (including phenoxy) is 2. The van der Waals surface area contributed by atoms with Gasteiger partial charge in [-0.05, 0) is 54.6 Å². The molecule has 3 nitrogen and oxygen atoms in total. The van der Waals surface area contributed by atoms with Crippen molar-refractivity contribution in [2.24, 2.45) is 0 Å². The zero-order valence-corrected chi connectivity index (χ0v) is 15.0. The number of rotatable bonds is 4. The summed E-state index contributed by atoms with van der Waals surface area (Å²) < 4.78 is 18.0. The Kier molecular flexibility index (Phi) is 4.11. The molecule has 0 saturated heterocycles. The average molecular weight is 365 g/mol. The highest BCUT2D eigenvalue weighted by Gasteiger charge is 2.15. The van der Waals surface area contributed by atoms with Crippen LogP contribution in [0.2, 0.25) is 0 Å². The van der Waals surface area contributed by atoms with E-state index >= 15 is 0 Å². The smallest absolute Gasteiger partial charge is 0.364 e. The number of hydrogen-bond acceptors (Lipinski definition) is 2. The quantitative estimate of drug-likeness (QED) is 0.245. The summed E-state index contributed by atoms with van der Waals surface area (Å²) in [6.45, 7) is 0. The van der Waals surface area contributed by atoms with Gasteiger partial charge in [-0.25, -0.2) is 4.42 Å². The predicted molar refractivity (Wildman–Crippen MR) is 111 cm³/mol. The molecule has 0 radical (unpaired) electrons. The fraction of sp³-hybridized carbons (Fsp3) is 0. The Balaban J connectivity index is 1.50. The van der Waals surface area contributed by atoms with E-state index in [4.69, 9.17) is 13.9 Å². The first-order chi connectivity index (χ1) is 13.8. The van der Waals surface area contributed by atoms with E-state index in [1.807, 2.05) is 97.1 Å². The van der Waals surface area contributed by atoms with Crippen molar-refractivity contribution in [1.82, 2.24) is 0 Å². The second kappa shape index (κ2) is 7.05. The van der Waals surface area contributed by atoms with Gasteiger partial charge in [-0.3, -0.25) is 0 Å². The topological polar surface area (TPSA) is 29.8 Å². The van der Waals surface area contributed by atoms with E-state index in [0.717, 1.165) is 44.9 Å². The number of hydrogen-bond donors (Lipinski definition) is 0. The predicted octanol–water partition coefficient (Wildman–Crippen LogP) is 7.45. The minimum absolute atomic E-state index is 0.735. The van der Waals surface area contributed by atoms with Gasteiger partial charge >= 0.3 is 11.2 Å². The molecule has 0 N–H and O–H groups in total. The second-order valence-electron chi connectivity index (χ2n) is 6.48. The van der Waals surface area contributed by atoms with Gasteiger partial charge in [-0.15, -0.1) is 0 Å². The first-order valence-corrected chi connectivity index (χ1v) is 9.10. The van der Waals surface area contributed by atoms with Crippen LogP contribution in [0.5, 0.6) is 23.0 Å². The van der Waals surface area contributed by atoms with E-state index in [0.29, 0.717) is 0 Å². The van der Waals surface area contributed by atoms with Crippen LogP contribution in [-0.2, 0) is 0 Å². The fourth-order valence-corrected chi connectivity index (χ4v) is 3.11. The van der Waals surface area contributed by atoms with Crippen LogP contribution in [0.1, 0.15) is 0 Å². The van der Waals surface area contributed by atoms with Gasteiger partial charge in [0.05, 0.1) is 22.9 Å². The highest BCUT2D eigenvalue weighted by Crippen LogP contribution is 2.31. The van der Waals surface area contributed by atoms with Crippen molar-refractivity contribution in [2.75, 3.05) is 0 Å². The molecule has 0 aliphatic heterocycles. The van der Waals surface area contributed by atoms with Crippen LogP contribution in [0.3, 0.4) is 0 Å².